The molecule has 2 heterocycles. The molecule has 0 saturated carbocycles. The molecule has 1 unspecified atom stereocenters. The van der Waals surface area contributed by atoms with Crippen molar-refractivity contribution < 1.29 is 13.9 Å². The number of rotatable bonds is 7. The fourth-order valence-electron chi connectivity index (χ4n) is 4.24. The minimum Gasteiger partial charge on any atom is -0.495 e. The van der Waals surface area contributed by atoms with Crippen molar-refractivity contribution in [3.63, 3.8) is 0 Å². The van der Waals surface area contributed by atoms with Gasteiger partial charge in [0.2, 0.25) is 11.1 Å². The Hall–Kier alpha value is -4.11. The van der Waals surface area contributed by atoms with Crippen LogP contribution in [0.5, 0.6) is 5.75 Å². The summed E-state index contributed by atoms with van der Waals surface area (Å²) >= 11 is 1.34. The number of hydrogen-bond donors (Lipinski definition) is 2. The van der Waals surface area contributed by atoms with Crippen LogP contribution in [0.2, 0.25) is 0 Å². The number of allylic oxidation sites excluding steroid dienone is 1. The quantitative estimate of drug-likeness (QED) is 0.296. The molecule has 0 spiro atoms. The zero-order valence-corrected chi connectivity index (χ0v) is 21.5. The van der Waals surface area contributed by atoms with Crippen molar-refractivity contribution in [2.24, 2.45) is 0 Å². The molecule has 5 rings (SSSR count). The lowest BCUT2D eigenvalue weighted by Gasteiger charge is -2.29. The fraction of sp³-hybridized carbons (Fsp3) is 0.179. The van der Waals surface area contributed by atoms with Gasteiger partial charge in [-0.3, -0.25) is 4.79 Å². The van der Waals surface area contributed by atoms with E-state index in [-0.39, 0.29) is 11.7 Å². The molecule has 37 heavy (non-hydrogen) atoms. The summed E-state index contributed by atoms with van der Waals surface area (Å²) in [6, 6.07) is 21.4. The average molecular weight is 516 g/mol. The highest BCUT2D eigenvalue weighted by atomic mass is 32.2. The average Bonchev–Trinajstić information content (AvgIpc) is 3.30. The highest BCUT2D eigenvalue weighted by Gasteiger charge is 2.34. The molecule has 2 N–H and O–H groups in total. The number of methoxy groups -OCH3 is 1. The number of anilines is 2. The van der Waals surface area contributed by atoms with Crippen molar-refractivity contribution in [3.8, 4) is 5.75 Å². The summed E-state index contributed by atoms with van der Waals surface area (Å²) < 4.78 is 21.3. The maximum absolute atomic E-state index is 14.1. The molecule has 3 aromatic carbocycles. The van der Waals surface area contributed by atoms with E-state index in [4.69, 9.17) is 9.84 Å². The van der Waals surface area contributed by atoms with E-state index in [1.165, 1.54) is 17.8 Å². The summed E-state index contributed by atoms with van der Waals surface area (Å²) in [5.41, 5.74) is 4.34. The van der Waals surface area contributed by atoms with Crippen LogP contribution in [0.1, 0.15) is 29.7 Å². The van der Waals surface area contributed by atoms with Crippen LogP contribution in [0.25, 0.3) is 0 Å². The smallest absolute Gasteiger partial charge is 0.255 e. The van der Waals surface area contributed by atoms with Crippen LogP contribution in [0.15, 0.2) is 89.2 Å². The lowest BCUT2D eigenvalue weighted by molar-refractivity contribution is -0.113. The number of halogens is 1. The topological polar surface area (TPSA) is 81.1 Å². The molecule has 0 saturated heterocycles. The second-order valence-corrected chi connectivity index (χ2v) is 9.62. The van der Waals surface area contributed by atoms with E-state index in [0.29, 0.717) is 45.1 Å². The van der Waals surface area contributed by atoms with Crippen LogP contribution in [-0.4, -0.2) is 27.8 Å². The maximum atomic E-state index is 14.1. The Morgan fingerprint density at radius 2 is 1.81 bits per heavy atom. The van der Waals surface area contributed by atoms with Crippen LogP contribution in [0, 0.1) is 12.7 Å². The minimum absolute atomic E-state index is 0.262. The van der Waals surface area contributed by atoms with Crippen molar-refractivity contribution in [1.82, 2.24) is 14.8 Å². The first-order valence-corrected chi connectivity index (χ1v) is 12.7. The van der Waals surface area contributed by atoms with Crippen LogP contribution < -0.4 is 15.4 Å². The molecular weight excluding hydrogens is 489 g/mol. The lowest BCUT2D eigenvalue weighted by Crippen LogP contribution is -2.31. The van der Waals surface area contributed by atoms with Gasteiger partial charge in [0.15, 0.2) is 0 Å². The first-order valence-electron chi connectivity index (χ1n) is 11.8. The molecule has 1 aromatic heterocycles. The summed E-state index contributed by atoms with van der Waals surface area (Å²) in [6.45, 7) is 3.86. The summed E-state index contributed by atoms with van der Waals surface area (Å²) in [7, 11) is 1.56. The molecule has 1 amide bonds. The number of ether oxygens (including phenoxy) is 1. The molecule has 0 aliphatic carbocycles. The van der Waals surface area contributed by atoms with Crippen LogP contribution in [0.3, 0.4) is 0 Å². The Bertz CT molecular complexity index is 1480. The number of nitrogens with one attached hydrogen (secondary N) is 2. The van der Waals surface area contributed by atoms with E-state index in [0.717, 1.165) is 11.1 Å². The van der Waals surface area contributed by atoms with Crippen LogP contribution in [0.4, 0.5) is 16.0 Å². The van der Waals surface area contributed by atoms with E-state index in [1.807, 2.05) is 50.2 Å². The van der Waals surface area contributed by atoms with E-state index in [9.17, 15) is 9.18 Å². The van der Waals surface area contributed by atoms with E-state index in [1.54, 1.807) is 42.1 Å². The first kappa shape index (κ1) is 24.6. The van der Waals surface area contributed by atoms with Gasteiger partial charge in [0, 0.05) is 11.4 Å². The van der Waals surface area contributed by atoms with Gasteiger partial charge in [0.05, 0.1) is 18.4 Å². The Kier molecular flexibility index (Phi) is 6.96. The molecule has 4 aromatic rings. The van der Waals surface area contributed by atoms with Gasteiger partial charge in [-0.2, -0.15) is 4.98 Å². The van der Waals surface area contributed by atoms with Gasteiger partial charge in [0.25, 0.3) is 5.91 Å². The zero-order valence-electron chi connectivity index (χ0n) is 20.7. The number of fused-ring (bicyclic) bond motifs is 1. The Morgan fingerprint density at radius 3 is 2.57 bits per heavy atom. The third kappa shape index (κ3) is 5.08. The second kappa shape index (κ2) is 10.5. The predicted molar refractivity (Wildman–Crippen MR) is 143 cm³/mol. The Labute approximate surface area is 218 Å². The third-order valence-electron chi connectivity index (χ3n) is 6.14. The second-order valence-electron chi connectivity index (χ2n) is 8.67. The molecule has 9 heteroatoms. The molecule has 1 atom stereocenters. The van der Waals surface area contributed by atoms with E-state index in [2.05, 4.69) is 15.6 Å². The van der Waals surface area contributed by atoms with Gasteiger partial charge >= 0.3 is 0 Å². The number of aryl methyl sites for hydroxylation is 1. The SMILES string of the molecule is COc1ccccc1NC(=O)C1=C(C)Nc2nc(SCc3ccccc3F)nn2C1c1ccc(C)cc1. The highest BCUT2D eigenvalue weighted by Crippen LogP contribution is 2.37. The summed E-state index contributed by atoms with van der Waals surface area (Å²) in [6.07, 6.45) is 0. The number of amides is 1. The Morgan fingerprint density at radius 1 is 1.08 bits per heavy atom. The van der Waals surface area contributed by atoms with Gasteiger partial charge < -0.3 is 15.4 Å². The number of carbonyl (C=O) groups excluding carboxylic acids is 1. The van der Waals surface area contributed by atoms with Crippen molar-refractivity contribution >= 4 is 29.3 Å². The fourth-order valence-corrected chi connectivity index (χ4v) is 5.05. The van der Waals surface area contributed by atoms with E-state index < -0.39 is 6.04 Å². The molecule has 188 valence electrons. The number of carbonyl (C=O) groups is 1. The van der Waals surface area contributed by atoms with Gasteiger partial charge in [0.1, 0.15) is 17.6 Å². The molecule has 7 nitrogen and oxygen atoms in total. The summed E-state index contributed by atoms with van der Waals surface area (Å²) in [5.74, 6) is 0.939. The minimum atomic E-state index is -0.512. The van der Waals surface area contributed by atoms with Crippen molar-refractivity contribution in [2.75, 3.05) is 17.7 Å². The first-order chi connectivity index (χ1) is 17.9. The van der Waals surface area contributed by atoms with Gasteiger partial charge in [-0.05, 0) is 43.2 Å². The Balaban J connectivity index is 1.50. The van der Waals surface area contributed by atoms with Gasteiger partial charge in [-0.1, -0.05) is 71.9 Å². The standard InChI is InChI=1S/C28H26FN5O2S/c1-17-12-14-19(15-13-17)25-24(26(35)31-22-10-6-7-11-23(22)36-3)18(2)30-27-32-28(33-34(25)27)37-16-20-8-4-5-9-21(20)29/h4-15,25H,16H2,1-3H3,(H,31,35)(H,30,32,33). The van der Waals surface area contributed by atoms with E-state index >= 15 is 0 Å². The predicted octanol–water partition coefficient (Wildman–Crippen LogP) is 5.95. The summed E-state index contributed by atoms with van der Waals surface area (Å²) in [5, 5.41) is 11.4. The molecular formula is C28H26FN5O2S. The molecule has 1 aliphatic rings. The number of benzene rings is 3. The molecule has 1 aliphatic heterocycles. The molecule has 0 fully saturated rings. The van der Waals surface area contributed by atoms with Crippen LogP contribution >= 0.6 is 11.8 Å². The van der Waals surface area contributed by atoms with Crippen molar-refractivity contribution in [1.29, 1.82) is 0 Å². The van der Waals surface area contributed by atoms with Gasteiger partial charge in [-0.25, -0.2) is 9.07 Å². The number of hydrogen-bond acceptors (Lipinski definition) is 6. The monoisotopic (exact) mass is 515 g/mol. The largest absolute Gasteiger partial charge is 0.495 e. The number of para-hydroxylation sites is 2. The zero-order chi connectivity index (χ0) is 25.9. The van der Waals surface area contributed by atoms with Crippen molar-refractivity contribution in [2.45, 2.75) is 30.8 Å². The lowest BCUT2D eigenvalue weighted by atomic mass is 9.94. The molecule has 0 bridgehead atoms. The molecule has 0 radical (unpaired) electrons. The number of aromatic nitrogens is 3. The van der Waals surface area contributed by atoms with Crippen molar-refractivity contribution in [3.05, 3.63) is 107 Å². The van der Waals surface area contributed by atoms with Crippen LogP contribution in [-0.2, 0) is 10.5 Å². The third-order valence-corrected chi connectivity index (χ3v) is 7.03. The normalized spacial score (nSPS) is 14.6. The highest BCUT2D eigenvalue weighted by molar-refractivity contribution is 7.98. The van der Waals surface area contributed by atoms with Gasteiger partial charge in [-0.15, -0.1) is 5.10 Å². The maximum Gasteiger partial charge on any atom is 0.255 e. The number of thioether (sulfide) groups is 1. The number of nitrogens with zero attached hydrogens (tertiary/aromatic N) is 3. The summed E-state index contributed by atoms with van der Waals surface area (Å²) in [4.78, 5) is 18.3.